The maximum atomic E-state index is 12.2. The number of nitro benzene ring substituents is 1. The third-order valence-electron chi connectivity index (χ3n) is 2.26. The zero-order chi connectivity index (χ0) is 13.9. The maximum Gasteiger partial charge on any atom is 0.405 e. The highest BCUT2D eigenvalue weighted by Gasteiger charge is 2.29. The van der Waals surface area contributed by atoms with E-state index in [1.54, 1.807) is 0 Å². The molecule has 0 saturated heterocycles. The van der Waals surface area contributed by atoms with E-state index in [0.29, 0.717) is 0 Å². The van der Waals surface area contributed by atoms with Gasteiger partial charge in [-0.15, -0.1) is 11.6 Å². The van der Waals surface area contributed by atoms with Crippen molar-refractivity contribution >= 4 is 23.0 Å². The monoisotopic (exact) mass is 282 g/mol. The predicted octanol–water partition coefficient (Wildman–Crippen LogP) is 3.33. The van der Waals surface area contributed by atoms with Crippen molar-refractivity contribution in [3.63, 3.8) is 0 Å². The Bertz CT molecular complexity index is 451. The minimum atomic E-state index is -4.34. The molecule has 0 aliphatic rings. The van der Waals surface area contributed by atoms with Gasteiger partial charge in [-0.3, -0.25) is 10.1 Å². The molecule has 1 aromatic carbocycles. The molecule has 0 amide bonds. The second kappa shape index (κ2) is 5.43. The van der Waals surface area contributed by atoms with Gasteiger partial charge >= 0.3 is 6.18 Å². The molecular formula is C10H10ClF3N2O2. The van der Waals surface area contributed by atoms with Crippen molar-refractivity contribution in [3.8, 4) is 0 Å². The van der Waals surface area contributed by atoms with Crippen LogP contribution in [0.5, 0.6) is 0 Å². The summed E-state index contributed by atoms with van der Waals surface area (Å²) in [5.74, 6) is -0.135. The Labute approximate surface area is 106 Å². The number of anilines is 1. The zero-order valence-electron chi connectivity index (χ0n) is 9.37. The Hall–Kier alpha value is -1.50. The van der Waals surface area contributed by atoms with Crippen LogP contribution in [0.2, 0.25) is 0 Å². The Kier molecular flexibility index (Phi) is 4.39. The van der Waals surface area contributed by atoms with Crippen molar-refractivity contribution in [3.05, 3.63) is 33.9 Å². The topological polar surface area (TPSA) is 46.4 Å². The molecule has 1 aromatic rings. The molecule has 4 nitrogen and oxygen atoms in total. The van der Waals surface area contributed by atoms with Gasteiger partial charge in [-0.1, -0.05) is 0 Å². The highest BCUT2D eigenvalue weighted by atomic mass is 35.5. The lowest BCUT2D eigenvalue weighted by atomic mass is 10.1. The van der Waals surface area contributed by atoms with Crippen LogP contribution in [0.3, 0.4) is 0 Å². The molecular weight excluding hydrogens is 273 g/mol. The second-order valence-electron chi connectivity index (χ2n) is 3.67. The minimum absolute atomic E-state index is 0.135. The molecule has 0 N–H and O–H groups in total. The summed E-state index contributed by atoms with van der Waals surface area (Å²) in [6.07, 6.45) is -4.34. The van der Waals surface area contributed by atoms with E-state index < -0.39 is 17.6 Å². The minimum Gasteiger partial charge on any atom is -0.366 e. The van der Waals surface area contributed by atoms with Gasteiger partial charge in [0.25, 0.3) is 5.69 Å². The normalized spacial score (nSPS) is 11.4. The van der Waals surface area contributed by atoms with Gasteiger partial charge in [0.15, 0.2) is 0 Å². The summed E-state index contributed by atoms with van der Waals surface area (Å²) < 4.78 is 36.6. The van der Waals surface area contributed by atoms with Crippen LogP contribution in [0, 0.1) is 10.1 Å². The van der Waals surface area contributed by atoms with E-state index in [4.69, 9.17) is 11.6 Å². The summed E-state index contributed by atoms with van der Waals surface area (Å²) in [5.41, 5.74) is 0.218. The quantitative estimate of drug-likeness (QED) is 0.483. The van der Waals surface area contributed by atoms with Gasteiger partial charge in [-0.2, -0.15) is 13.2 Å². The van der Waals surface area contributed by atoms with E-state index in [1.165, 1.54) is 19.2 Å². The van der Waals surface area contributed by atoms with Gasteiger partial charge in [-0.25, -0.2) is 0 Å². The molecule has 0 aliphatic carbocycles. The van der Waals surface area contributed by atoms with E-state index in [1.807, 2.05) is 0 Å². The van der Waals surface area contributed by atoms with Crippen LogP contribution >= 0.6 is 11.6 Å². The molecule has 100 valence electrons. The summed E-state index contributed by atoms with van der Waals surface area (Å²) >= 11 is 5.54. The van der Waals surface area contributed by atoms with Crippen LogP contribution < -0.4 is 4.90 Å². The molecule has 8 heteroatoms. The van der Waals surface area contributed by atoms with E-state index in [0.717, 1.165) is 11.0 Å². The predicted molar refractivity (Wildman–Crippen MR) is 62.0 cm³/mol. The average molecular weight is 283 g/mol. The summed E-state index contributed by atoms with van der Waals surface area (Å²) in [4.78, 5) is 11.0. The Balaban J connectivity index is 3.02. The molecule has 0 saturated carbocycles. The summed E-state index contributed by atoms with van der Waals surface area (Å²) in [7, 11) is 1.26. The highest BCUT2D eigenvalue weighted by molar-refractivity contribution is 6.17. The summed E-state index contributed by atoms with van der Waals surface area (Å²) in [6.45, 7) is -1.13. The van der Waals surface area contributed by atoms with Gasteiger partial charge in [0.1, 0.15) is 6.54 Å². The standard InChI is InChI=1S/C10H10ClF3N2O2/c1-15(6-10(12,13)14)8-2-3-9(16(17)18)7(4-8)5-11/h2-4H,5-6H2,1H3. The third kappa shape index (κ3) is 3.76. The molecule has 0 fully saturated rings. The first-order valence-corrected chi connectivity index (χ1v) is 5.39. The van der Waals surface area contributed by atoms with Crippen molar-refractivity contribution < 1.29 is 18.1 Å². The molecule has 0 unspecified atom stereocenters. The third-order valence-corrected chi connectivity index (χ3v) is 2.55. The van der Waals surface area contributed by atoms with Crippen LogP contribution in [0.4, 0.5) is 24.5 Å². The first kappa shape index (κ1) is 14.6. The molecule has 18 heavy (non-hydrogen) atoms. The molecule has 0 radical (unpaired) electrons. The van der Waals surface area contributed by atoms with Crippen molar-refractivity contribution in [2.45, 2.75) is 12.1 Å². The van der Waals surface area contributed by atoms with Crippen LogP contribution in [0.15, 0.2) is 18.2 Å². The van der Waals surface area contributed by atoms with Crippen molar-refractivity contribution in [1.82, 2.24) is 0 Å². The molecule has 0 aromatic heterocycles. The van der Waals surface area contributed by atoms with Crippen molar-refractivity contribution in [2.75, 3.05) is 18.5 Å². The molecule has 0 spiro atoms. The van der Waals surface area contributed by atoms with Gasteiger partial charge < -0.3 is 4.90 Å². The number of rotatable bonds is 4. The van der Waals surface area contributed by atoms with E-state index >= 15 is 0 Å². The van der Waals surface area contributed by atoms with E-state index in [9.17, 15) is 23.3 Å². The number of nitrogens with zero attached hydrogens (tertiary/aromatic N) is 2. The lowest BCUT2D eigenvalue weighted by Gasteiger charge is -2.21. The molecule has 1 rings (SSSR count). The highest BCUT2D eigenvalue weighted by Crippen LogP contribution is 2.27. The molecule has 0 bridgehead atoms. The first-order valence-electron chi connectivity index (χ1n) is 4.86. The van der Waals surface area contributed by atoms with Crippen LogP contribution in [0.1, 0.15) is 5.56 Å². The van der Waals surface area contributed by atoms with E-state index in [2.05, 4.69) is 0 Å². The fraction of sp³-hybridized carbons (Fsp3) is 0.400. The fourth-order valence-electron chi connectivity index (χ4n) is 1.45. The number of benzene rings is 1. The Morgan fingerprint density at radius 3 is 2.50 bits per heavy atom. The van der Waals surface area contributed by atoms with Crippen LogP contribution in [0.25, 0.3) is 0 Å². The van der Waals surface area contributed by atoms with Crippen LogP contribution in [-0.4, -0.2) is 24.7 Å². The fourth-order valence-corrected chi connectivity index (χ4v) is 1.67. The van der Waals surface area contributed by atoms with Gasteiger partial charge in [-0.05, 0) is 12.1 Å². The van der Waals surface area contributed by atoms with E-state index in [-0.39, 0.29) is 22.8 Å². The van der Waals surface area contributed by atoms with Crippen molar-refractivity contribution in [1.29, 1.82) is 0 Å². The largest absolute Gasteiger partial charge is 0.405 e. The molecule has 0 aliphatic heterocycles. The maximum absolute atomic E-state index is 12.2. The van der Waals surface area contributed by atoms with Crippen molar-refractivity contribution in [2.24, 2.45) is 0 Å². The summed E-state index contributed by atoms with van der Waals surface area (Å²) in [5, 5.41) is 10.6. The van der Waals surface area contributed by atoms with Gasteiger partial charge in [0.2, 0.25) is 0 Å². The lowest BCUT2D eigenvalue weighted by molar-refractivity contribution is -0.385. The van der Waals surface area contributed by atoms with Gasteiger partial charge in [0.05, 0.1) is 10.8 Å². The SMILES string of the molecule is CN(CC(F)(F)F)c1ccc([N+](=O)[O-])c(CCl)c1. The average Bonchev–Trinajstić information content (AvgIpc) is 2.25. The second-order valence-corrected chi connectivity index (χ2v) is 3.94. The summed E-state index contributed by atoms with van der Waals surface area (Å²) in [6, 6.07) is 3.71. The smallest absolute Gasteiger partial charge is 0.366 e. The number of alkyl halides is 4. The molecule has 0 atom stereocenters. The number of hydrogen-bond acceptors (Lipinski definition) is 3. The molecule has 0 heterocycles. The Morgan fingerprint density at radius 1 is 1.44 bits per heavy atom. The Morgan fingerprint density at radius 2 is 2.06 bits per heavy atom. The zero-order valence-corrected chi connectivity index (χ0v) is 10.1. The number of halogens is 4. The first-order chi connectivity index (χ1) is 8.24. The number of hydrogen-bond donors (Lipinski definition) is 0. The van der Waals surface area contributed by atoms with Crippen LogP contribution in [-0.2, 0) is 5.88 Å². The van der Waals surface area contributed by atoms with Gasteiger partial charge in [0, 0.05) is 24.4 Å². The lowest BCUT2D eigenvalue weighted by Crippen LogP contribution is -2.30. The number of nitro groups is 1.